The average Bonchev–Trinajstić information content (AvgIpc) is 1.58. The molecule has 0 saturated carbocycles. The maximum Gasteiger partial charge on any atom is 0.400 e. The second-order valence-electron chi connectivity index (χ2n) is 3.26. The van der Waals surface area contributed by atoms with Gasteiger partial charge in [0.05, 0.1) is 5.44 Å². The second kappa shape index (κ2) is 2.45. The highest BCUT2D eigenvalue weighted by Crippen LogP contribution is 2.30. The molecule has 0 heterocycles. The van der Waals surface area contributed by atoms with Crippen LogP contribution in [-0.4, -0.2) is 45.7 Å². The molecule has 8 heteroatoms. The number of halogens is 3. The van der Waals surface area contributed by atoms with Gasteiger partial charge < -0.3 is 10.8 Å². The summed E-state index contributed by atoms with van der Waals surface area (Å²) in [6.45, 7) is 0. The lowest BCUT2D eigenvalue weighted by atomic mass is 9.47. The van der Waals surface area contributed by atoms with Crippen LogP contribution in [0.2, 0.25) is 0 Å². The van der Waals surface area contributed by atoms with E-state index in [-0.39, 0.29) is 0 Å². The molecule has 62 valence electrons. The third-order valence-electron chi connectivity index (χ3n) is 1.86. The third kappa shape index (κ3) is 1.93. The van der Waals surface area contributed by atoms with Gasteiger partial charge in [0.15, 0.2) is 0 Å². The van der Waals surface area contributed by atoms with Crippen LogP contribution >= 0.6 is 0 Å². The van der Waals surface area contributed by atoms with Crippen molar-refractivity contribution >= 4 is 23.5 Å². The van der Waals surface area contributed by atoms with E-state index in [1.807, 2.05) is 0 Å². The van der Waals surface area contributed by atoms with Crippen LogP contribution in [0, 0.1) is 0 Å². The van der Waals surface area contributed by atoms with Crippen molar-refractivity contribution < 1.29 is 18.3 Å². The summed E-state index contributed by atoms with van der Waals surface area (Å²) < 4.78 is 36.1. The van der Waals surface area contributed by atoms with Gasteiger partial charge in [-0.1, -0.05) is 0 Å². The number of hydrogen-bond acceptors (Lipinski definition) is 2. The van der Waals surface area contributed by atoms with Crippen molar-refractivity contribution in [2.75, 3.05) is 0 Å². The lowest BCUT2D eigenvalue weighted by molar-refractivity contribution is -0.180. The summed E-state index contributed by atoms with van der Waals surface area (Å²) in [6, 6.07) is 0. The Bertz CT molecular complexity index is 135. The first kappa shape index (κ1) is 10.9. The molecule has 0 spiro atoms. The van der Waals surface area contributed by atoms with Crippen LogP contribution in [-0.2, 0) is 0 Å². The molecule has 3 N–H and O–H groups in total. The predicted molar refractivity (Wildman–Crippen MR) is 43.6 cm³/mol. The summed E-state index contributed by atoms with van der Waals surface area (Å²) in [7, 11) is 2.81. The van der Waals surface area contributed by atoms with Crippen molar-refractivity contribution in [1.82, 2.24) is 0 Å². The van der Waals surface area contributed by atoms with E-state index < -0.39 is 17.0 Å². The molecule has 0 amide bonds. The Morgan fingerprint density at radius 2 is 1.36 bits per heavy atom. The SMILES string of the molecule is BC(B)(O)[C@](B)(N)C(F)(F)F. The van der Waals surface area contributed by atoms with Gasteiger partial charge in [-0.25, -0.2) is 0 Å². The zero-order valence-electron chi connectivity index (χ0n) is 6.66. The molecule has 0 aliphatic carbocycles. The minimum atomic E-state index is -4.59. The molecule has 0 aromatic heterocycles. The molecule has 0 bridgehead atoms. The van der Waals surface area contributed by atoms with Crippen LogP contribution < -0.4 is 5.73 Å². The maximum absolute atomic E-state index is 12.0. The van der Waals surface area contributed by atoms with Crippen LogP contribution in [0.1, 0.15) is 0 Å². The van der Waals surface area contributed by atoms with Gasteiger partial charge in [0.2, 0.25) is 0 Å². The summed E-state index contributed by atoms with van der Waals surface area (Å²) in [6.07, 6.45) is -4.59. The maximum atomic E-state index is 12.0. The molecule has 0 unspecified atom stereocenters. The highest BCUT2D eigenvalue weighted by atomic mass is 19.4. The zero-order valence-corrected chi connectivity index (χ0v) is 6.66. The van der Waals surface area contributed by atoms with Crippen molar-refractivity contribution in [3.63, 3.8) is 0 Å². The van der Waals surface area contributed by atoms with Gasteiger partial charge in [0.25, 0.3) is 0 Å². The van der Waals surface area contributed by atoms with E-state index >= 15 is 0 Å². The first-order valence-electron chi connectivity index (χ1n) is 3.08. The molecule has 2 nitrogen and oxygen atoms in total. The Hall–Kier alpha value is -0.0952. The Labute approximate surface area is 65.6 Å². The van der Waals surface area contributed by atoms with Crippen LogP contribution in [0.25, 0.3) is 0 Å². The van der Waals surface area contributed by atoms with Gasteiger partial charge in [-0.05, 0) is 0 Å². The fraction of sp³-hybridized carbons (Fsp3) is 1.00. The van der Waals surface area contributed by atoms with E-state index in [0.717, 1.165) is 23.5 Å². The van der Waals surface area contributed by atoms with Crippen molar-refractivity contribution in [2.24, 2.45) is 5.73 Å². The molecule has 0 aliphatic rings. The first-order chi connectivity index (χ1) is 4.50. The first-order valence-corrected chi connectivity index (χ1v) is 3.08. The van der Waals surface area contributed by atoms with Gasteiger partial charge in [-0.3, -0.25) is 0 Å². The van der Waals surface area contributed by atoms with E-state index in [4.69, 9.17) is 10.8 Å². The Balaban J connectivity index is 4.75. The Kier molecular flexibility index (Phi) is 2.43. The largest absolute Gasteiger partial charge is 0.406 e. The van der Waals surface area contributed by atoms with Crippen molar-refractivity contribution in [3.05, 3.63) is 0 Å². The Morgan fingerprint density at radius 1 is 1.09 bits per heavy atom. The number of nitrogens with two attached hydrogens (primary N) is 1. The summed E-state index contributed by atoms with van der Waals surface area (Å²) >= 11 is 0. The average molecular weight is 165 g/mol. The quantitative estimate of drug-likeness (QED) is 0.400. The molecule has 0 radical (unpaired) electrons. The second-order valence-corrected chi connectivity index (χ2v) is 3.26. The number of rotatable bonds is 1. The van der Waals surface area contributed by atoms with E-state index in [0.29, 0.717) is 0 Å². The molecule has 1 atom stereocenters. The number of alkyl halides is 3. The number of aliphatic hydroxyl groups is 1. The van der Waals surface area contributed by atoms with E-state index in [1.54, 1.807) is 0 Å². The Morgan fingerprint density at radius 3 is 1.36 bits per heavy atom. The topological polar surface area (TPSA) is 46.2 Å². The van der Waals surface area contributed by atoms with Crippen molar-refractivity contribution in [2.45, 2.75) is 17.0 Å². The molecule has 0 aromatic rings. The van der Waals surface area contributed by atoms with Crippen LogP contribution in [0.5, 0.6) is 0 Å². The fourth-order valence-electron chi connectivity index (χ4n) is 0.347. The predicted octanol–water partition coefficient (Wildman–Crippen LogP) is -3.25. The lowest BCUT2D eigenvalue weighted by Crippen LogP contribution is -2.70. The van der Waals surface area contributed by atoms with Gasteiger partial charge in [-0.2, -0.15) is 13.2 Å². The summed E-state index contributed by atoms with van der Waals surface area (Å²) in [5.41, 5.74) is 2.33. The highest BCUT2D eigenvalue weighted by Gasteiger charge is 2.55. The van der Waals surface area contributed by atoms with Gasteiger partial charge in [0, 0.05) is 5.40 Å². The molecule has 11 heavy (non-hydrogen) atoms. The van der Waals surface area contributed by atoms with Crippen LogP contribution in [0.3, 0.4) is 0 Å². The fourth-order valence-corrected chi connectivity index (χ4v) is 0.347. The summed E-state index contributed by atoms with van der Waals surface area (Å²) in [5.74, 6) is 0. The summed E-state index contributed by atoms with van der Waals surface area (Å²) in [4.78, 5) is 0. The molecule has 0 aromatic carbocycles. The monoisotopic (exact) mass is 165 g/mol. The van der Waals surface area contributed by atoms with Crippen LogP contribution in [0.4, 0.5) is 13.2 Å². The standard InChI is InChI=1S/C3H9B3F3NO/c4-1(10,2(5,6)11)3(7,8)9/h11H,4-6,10H2/t1-/m0/s1. The van der Waals surface area contributed by atoms with Crippen molar-refractivity contribution in [3.8, 4) is 0 Å². The van der Waals surface area contributed by atoms with E-state index in [9.17, 15) is 13.2 Å². The molecule has 0 fully saturated rings. The van der Waals surface area contributed by atoms with Crippen molar-refractivity contribution in [1.29, 1.82) is 0 Å². The minimum Gasteiger partial charge on any atom is -0.406 e. The highest BCUT2D eigenvalue weighted by molar-refractivity contribution is 6.44. The normalized spacial score (nSPS) is 19.4. The third-order valence-corrected chi connectivity index (χ3v) is 1.86. The van der Waals surface area contributed by atoms with Gasteiger partial charge in [0.1, 0.15) is 23.5 Å². The minimum absolute atomic E-state index is 0.757. The van der Waals surface area contributed by atoms with Gasteiger partial charge >= 0.3 is 6.18 Å². The molecular weight excluding hydrogens is 155 g/mol. The molecule has 0 saturated heterocycles. The zero-order chi connectivity index (χ0) is 9.50. The van der Waals surface area contributed by atoms with E-state index in [1.165, 1.54) is 0 Å². The smallest absolute Gasteiger partial charge is 0.400 e. The molecule has 0 rings (SSSR count). The van der Waals surface area contributed by atoms with Gasteiger partial charge in [-0.15, -0.1) is 0 Å². The number of hydrogen-bond donors (Lipinski definition) is 2. The van der Waals surface area contributed by atoms with Crippen LogP contribution in [0.15, 0.2) is 0 Å². The van der Waals surface area contributed by atoms with E-state index in [2.05, 4.69) is 0 Å². The summed E-state index contributed by atoms with van der Waals surface area (Å²) in [5, 5.41) is 7.07. The molecule has 0 aliphatic heterocycles. The lowest BCUT2D eigenvalue weighted by Gasteiger charge is -2.39. The molecular formula is C3H9B3F3NO.